The minimum Gasteiger partial charge on any atom is -0.365 e. The van der Waals surface area contributed by atoms with Crippen LogP contribution in [0.15, 0.2) is 42.7 Å². The number of pyridine rings is 1. The molecule has 2 aliphatic rings. The fourth-order valence-corrected chi connectivity index (χ4v) is 3.75. The van der Waals surface area contributed by atoms with Crippen LogP contribution in [-0.4, -0.2) is 74.0 Å². The van der Waals surface area contributed by atoms with Crippen molar-refractivity contribution in [2.75, 3.05) is 55.9 Å². The zero-order chi connectivity index (χ0) is 22.5. The normalized spacial score (nSPS) is 19.1. The van der Waals surface area contributed by atoms with Crippen molar-refractivity contribution < 1.29 is 23.6 Å². The minimum atomic E-state index is -0.346. The van der Waals surface area contributed by atoms with Crippen LogP contribution >= 0.6 is 0 Å². The fraction of sp³-hybridized carbons (Fsp3) is 0.409. The van der Waals surface area contributed by atoms with Gasteiger partial charge in [-0.1, -0.05) is 0 Å². The largest absolute Gasteiger partial charge is 0.365 e. The summed E-state index contributed by atoms with van der Waals surface area (Å²) in [7, 11) is 0. The van der Waals surface area contributed by atoms with Crippen LogP contribution in [0.5, 0.6) is 0 Å². The summed E-state index contributed by atoms with van der Waals surface area (Å²) < 4.78 is 20.7. The van der Waals surface area contributed by atoms with E-state index >= 15 is 0 Å². The molecule has 0 radical (unpaired) electrons. The lowest BCUT2D eigenvalue weighted by Crippen LogP contribution is -2.34. The molecular weight excluding hydrogens is 417 g/mol. The second-order valence-corrected chi connectivity index (χ2v) is 7.68. The molecule has 1 N–H and O–H groups in total. The number of hydrogen-bond donors (Lipinski definition) is 1. The molecule has 1 aromatic carbocycles. The Hall–Kier alpha value is -3.24. The predicted molar refractivity (Wildman–Crippen MR) is 116 cm³/mol. The van der Waals surface area contributed by atoms with E-state index in [1.54, 1.807) is 30.6 Å². The minimum absolute atomic E-state index is 0.107. The van der Waals surface area contributed by atoms with Gasteiger partial charge < -0.3 is 19.9 Å². The van der Waals surface area contributed by atoms with Crippen LogP contribution in [0.25, 0.3) is 0 Å². The van der Waals surface area contributed by atoms with Gasteiger partial charge in [0.2, 0.25) is 5.91 Å². The van der Waals surface area contributed by atoms with E-state index < -0.39 is 0 Å². The summed E-state index contributed by atoms with van der Waals surface area (Å²) in [6, 6.07) is 8.36. The van der Waals surface area contributed by atoms with Crippen molar-refractivity contribution in [3.8, 4) is 0 Å². The third-order valence-electron chi connectivity index (χ3n) is 5.44. The van der Waals surface area contributed by atoms with Gasteiger partial charge in [-0.15, -0.1) is 0 Å². The van der Waals surface area contributed by atoms with Gasteiger partial charge in [0, 0.05) is 56.7 Å². The number of halogens is 1. The monoisotopic (exact) mass is 443 g/mol. The highest BCUT2D eigenvalue weighted by Gasteiger charge is 2.26. The van der Waals surface area contributed by atoms with Gasteiger partial charge >= 0.3 is 0 Å². The highest BCUT2D eigenvalue weighted by atomic mass is 19.1. The van der Waals surface area contributed by atoms with Crippen molar-refractivity contribution >= 4 is 23.2 Å². The Kier molecular flexibility index (Phi) is 6.81. The molecule has 10 heteroatoms. The third kappa shape index (κ3) is 5.14. The standard InChI is InChI=1S/C22H26FN5O4/c1-16(29)25-13-19-14-27(15-31-19)18-2-3-21(20(23)12-18)26-8-9-28(32-11-10-26)22(30)17-4-6-24-7-5-17/h2-7,12,19H,8-11,13-15H2,1H3,(H,25,29)/t19-/m0/s1. The Morgan fingerprint density at radius 3 is 2.72 bits per heavy atom. The average Bonchev–Trinajstić information content (AvgIpc) is 3.15. The first kappa shape index (κ1) is 22.0. The zero-order valence-corrected chi connectivity index (χ0v) is 17.9. The average molecular weight is 443 g/mol. The maximum Gasteiger partial charge on any atom is 0.277 e. The molecule has 4 rings (SSSR count). The number of nitrogens with zero attached hydrogens (tertiary/aromatic N) is 4. The number of carbonyl (C=O) groups is 2. The van der Waals surface area contributed by atoms with Gasteiger partial charge in [0.05, 0.1) is 24.9 Å². The molecule has 2 fully saturated rings. The van der Waals surface area contributed by atoms with Gasteiger partial charge in [-0.05, 0) is 30.3 Å². The lowest BCUT2D eigenvalue weighted by atomic mass is 10.2. The molecule has 0 bridgehead atoms. The molecule has 0 aliphatic carbocycles. The van der Waals surface area contributed by atoms with Crippen LogP contribution in [0.1, 0.15) is 17.3 Å². The highest BCUT2D eigenvalue weighted by molar-refractivity contribution is 5.93. The van der Waals surface area contributed by atoms with E-state index in [9.17, 15) is 14.0 Å². The van der Waals surface area contributed by atoms with E-state index in [2.05, 4.69) is 10.3 Å². The third-order valence-corrected chi connectivity index (χ3v) is 5.44. The van der Waals surface area contributed by atoms with Gasteiger partial charge in [-0.2, -0.15) is 0 Å². The number of aromatic nitrogens is 1. The Morgan fingerprint density at radius 1 is 1.16 bits per heavy atom. The van der Waals surface area contributed by atoms with Crippen LogP contribution in [0.2, 0.25) is 0 Å². The van der Waals surface area contributed by atoms with Crippen molar-refractivity contribution in [1.82, 2.24) is 15.4 Å². The summed E-state index contributed by atoms with van der Waals surface area (Å²) in [5.41, 5.74) is 1.68. The van der Waals surface area contributed by atoms with Crippen LogP contribution in [0, 0.1) is 5.82 Å². The fourth-order valence-electron chi connectivity index (χ4n) is 3.75. The number of benzene rings is 1. The van der Waals surface area contributed by atoms with Crippen LogP contribution in [0.3, 0.4) is 0 Å². The Morgan fingerprint density at radius 2 is 1.97 bits per heavy atom. The van der Waals surface area contributed by atoms with E-state index in [4.69, 9.17) is 9.57 Å². The molecule has 170 valence electrons. The first-order valence-corrected chi connectivity index (χ1v) is 10.5. The number of carbonyl (C=O) groups excluding carboxylic acids is 2. The van der Waals surface area contributed by atoms with Gasteiger partial charge in [-0.25, -0.2) is 9.45 Å². The molecule has 0 saturated carbocycles. The molecule has 2 amide bonds. The quantitative estimate of drug-likeness (QED) is 0.748. The molecule has 3 heterocycles. The molecule has 1 atom stereocenters. The van der Waals surface area contributed by atoms with Gasteiger partial charge in [0.1, 0.15) is 12.5 Å². The number of anilines is 2. The van der Waals surface area contributed by atoms with E-state index in [0.29, 0.717) is 50.7 Å². The molecule has 0 spiro atoms. The van der Waals surface area contributed by atoms with Crippen molar-refractivity contribution in [3.05, 3.63) is 54.1 Å². The van der Waals surface area contributed by atoms with Crippen molar-refractivity contribution in [3.63, 3.8) is 0 Å². The number of hydroxylamine groups is 2. The maximum atomic E-state index is 15.0. The van der Waals surface area contributed by atoms with E-state index in [0.717, 1.165) is 5.69 Å². The van der Waals surface area contributed by atoms with Crippen LogP contribution in [0.4, 0.5) is 15.8 Å². The summed E-state index contributed by atoms with van der Waals surface area (Å²) in [6.45, 7) is 4.28. The van der Waals surface area contributed by atoms with Crippen molar-refractivity contribution in [1.29, 1.82) is 0 Å². The molecule has 1 aromatic heterocycles. The lowest BCUT2D eigenvalue weighted by Gasteiger charge is -2.24. The SMILES string of the molecule is CC(=O)NC[C@H]1CN(c2ccc(N3CCON(C(=O)c4ccncc4)CC3)c(F)c2)CO1. The molecule has 2 saturated heterocycles. The summed E-state index contributed by atoms with van der Waals surface area (Å²) in [4.78, 5) is 37.0. The lowest BCUT2D eigenvalue weighted by molar-refractivity contribution is -0.119. The molecule has 32 heavy (non-hydrogen) atoms. The molecule has 2 aliphatic heterocycles. The second-order valence-electron chi connectivity index (χ2n) is 7.68. The smallest absolute Gasteiger partial charge is 0.277 e. The highest BCUT2D eigenvalue weighted by Crippen LogP contribution is 2.27. The topological polar surface area (TPSA) is 87.2 Å². The Balaban J connectivity index is 1.37. The van der Waals surface area contributed by atoms with Gasteiger partial charge in [0.25, 0.3) is 5.91 Å². The Labute approximate surface area is 185 Å². The Bertz CT molecular complexity index is 961. The first-order chi connectivity index (χ1) is 15.5. The molecular formula is C22H26FN5O4. The molecule has 2 aromatic rings. The maximum absolute atomic E-state index is 15.0. The summed E-state index contributed by atoms with van der Waals surface area (Å²) in [5.74, 6) is -0.695. The van der Waals surface area contributed by atoms with Crippen LogP contribution < -0.4 is 15.1 Å². The second kappa shape index (κ2) is 9.92. The van der Waals surface area contributed by atoms with Crippen molar-refractivity contribution in [2.45, 2.75) is 13.0 Å². The van der Waals surface area contributed by atoms with E-state index in [-0.39, 0.29) is 30.3 Å². The van der Waals surface area contributed by atoms with E-state index in [1.165, 1.54) is 18.1 Å². The molecule has 0 unspecified atom stereocenters. The first-order valence-electron chi connectivity index (χ1n) is 10.5. The number of hydrogen-bond acceptors (Lipinski definition) is 7. The number of amides is 2. The van der Waals surface area contributed by atoms with E-state index in [1.807, 2.05) is 15.9 Å². The number of nitrogens with one attached hydrogen (secondary N) is 1. The molecule has 9 nitrogen and oxygen atoms in total. The predicted octanol–water partition coefficient (Wildman–Crippen LogP) is 1.41. The number of ether oxygens (including phenoxy) is 1. The van der Waals surface area contributed by atoms with Crippen LogP contribution in [-0.2, 0) is 14.4 Å². The van der Waals surface area contributed by atoms with Gasteiger partial charge in [0.15, 0.2) is 0 Å². The summed E-state index contributed by atoms with van der Waals surface area (Å²) in [5, 5.41) is 4.05. The summed E-state index contributed by atoms with van der Waals surface area (Å²) in [6.07, 6.45) is 2.98. The zero-order valence-electron chi connectivity index (χ0n) is 17.9. The van der Waals surface area contributed by atoms with Crippen molar-refractivity contribution in [2.24, 2.45) is 0 Å². The van der Waals surface area contributed by atoms with Gasteiger partial charge in [-0.3, -0.25) is 19.4 Å². The number of rotatable bonds is 5. The summed E-state index contributed by atoms with van der Waals surface area (Å²) >= 11 is 0.